The lowest BCUT2D eigenvalue weighted by Gasteiger charge is -2.09. The van der Waals surface area contributed by atoms with E-state index < -0.39 is 10.4 Å². The van der Waals surface area contributed by atoms with Gasteiger partial charge in [-0.2, -0.15) is 8.42 Å². The highest BCUT2D eigenvalue weighted by Gasteiger charge is 2.02. The first kappa shape index (κ1) is 16.9. The highest BCUT2D eigenvalue weighted by molar-refractivity contribution is 7.79. The topological polar surface area (TPSA) is 160 Å². The van der Waals surface area contributed by atoms with E-state index >= 15 is 0 Å². The quantitative estimate of drug-likeness (QED) is 0.261. The van der Waals surface area contributed by atoms with E-state index in [0.29, 0.717) is 0 Å². The van der Waals surface area contributed by atoms with Crippen LogP contribution in [-0.2, 0) is 16.8 Å². The molecule has 1 aromatic rings. The number of guanidine groups is 1. The maximum Gasteiger partial charge on any atom is 0.394 e. The highest BCUT2D eigenvalue weighted by atomic mass is 32.3. The predicted octanol–water partition coefficient (Wildman–Crippen LogP) is 0.321. The van der Waals surface area contributed by atoms with Gasteiger partial charge in [-0.15, -0.1) is 0 Å². The van der Waals surface area contributed by atoms with Crippen LogP contribution in [0.15, 0.2) is 36.6 Å². The van der Waals surface area contributed by atoms with E-state index in [1.54, 1.807) is 6.26 Å². The molecule has 0 bridgehead atoms. The number of fused-ring (bicyclic) bond motifs is 1. The van der Waals surface area contributed by atoms with Crippen LogP contribution in [0.4, 0.5) is 0 Å². The number of hydrogen-bond acceptors (Lipinski definition) is 4. The number of rotatable bonds is 0. The second-order valence-electron chi connectivity index (χ2n) is 3.20. The fourth-order valence-electron chi connectivity index (χ4n) is 1.08. The molecular formula is C10H15N3O5S. The third kappa shape index (κ3) is 12.2. The average Bonchev–Trinajstić information content (AvgIpc) is 2.26. The fourth-order valence-corrected chi connectivity index (χ4v) is 1.08. The summed E-state index contributed by atoms with van der Waals surface area (Å²) in [5.74, 6) is 0.657. The zero-order valence-corrected chi connectivity index (χ0v) is 10.7. The monoisotopic (exact) mass is 289 g/mol. The Hall–Kier alpha value is -2.10. The lowest BCUT2D eigenvalue weighted by atomic mass is 10.1. The minimum atomic E-state index is -4.67. The Kier molecular flexibility index (Phi) is 7.19. The van der Waals surface area contributed by atoms with Crippen LogP contribution >= 0.6 is 0 Å². The number of benzene rings is 1. The second-order valence-corrected chi connectivity index (χ2v) is 4.10. The molecule has 8 nitrogen and oxygen atoms in total. The van der Waals surface area contributed by atoms with Gasteiger partial charge in [0.2, 0.25) is 0 Å². The first-order valence-corrected chi connectivity index (χ1v) is 6.29. The fraction of sp³-hybridized carbons (Fsp3) is 0.100. The van der Waals surface area contributed by atoms with Gasteiger partial charge >= 0.3 is 10.4 Å². The molecule has 0 amide bonds. The maximum atomic E-state index is 8.74. The molecule has 106 valence electrons. The summed E-state index contributed by atoms with van der Waals surface area (Å²) >= 11 is 0. The van der Waals surface area contributed by atoms with Crippen LogP contribution in [0.3, 0.4) is 0 Å². The molecule has 2 rings (SSSR count). The molecule has 1 aliphatic heterocycles. The molecule has 1 heterocycles. The zero-order chi connectivity index (χ0) is 14.9. The Labute approximate surface area is 110 Å². The van der Waals surface area contributed by atoms with Crippen molar-refractivity contribution in [3.05, 3.63) is 42.2 Å². The third-order valence-corrected chi connectivity index (χ3v) is 1.60. The summed E-state index contributed by atoms with van der Waals surface area (Å²) in [5.41, 5.74) is 10.2. The van der Waals surface area contributed by atoms with Crippen LogP contribution in [-0.4, -0.2) is 23.5 Å². The third-order valence-electron chi connectivity index (χ3n) is 1.60. The number of nitrogens with one attached hydrogen (secondary N) is 1. The van der Waals surface area contributed by atoms with Crippen LogP contribution in [0, 0.1) is 5.41 Å². The normalized spacial score (nSPS) is 11.7. The standard InChI is InChI=1S/C9H8O.CH5N3.H2O4S/c1-2-6-9-8(4-1)5-3-7-10-9;2-1(3)4;1-5(2,3)4/h1-4,6-7H,5H2;(H5,2,3,4);(H2,1,2,3,4). The van der Waals surface area contributed by atoms with Crippen LogP contribution in [0.5, 0.6) is 5.75 Å². The minimum Gasteiger partial charge on any atom is -0.465 e. The van der Waals surface area contributed by atoms with Crippen molar-refractivity contribution < 1.29 is 22.3 Å². The second kappa shape index (κ2) is 8.08. The van der Waals surface area contributed by atoms with Gasteiger partial charge in [-0.3, -0.25) is 14.5 Å². The molecule has 0 aromatic heterocycles. The van der Waals surface area contributed by atoms with Crippen molar-refractivity contribution in [2.75, 3.05) is 0 Å². The Morgan fingerprint density at radius 2 is 1.74 bits per heavy atom. The first-order valence-electron chi connectivity index (χ1n) is 4.89. The maximum absolute atomic E-state index is 8.74. The van der Waals surface area contributed by atoms with Gasteiger partial charge in [-0.1, -0.05) is 18.2 Å². The van der Waals surface area contributed by atoms with E-state index in [2.05, 4.69) is 17.5 Å². The molecule has 7 N–H and O–H groups in total. The van der Waals surface area contributed by atoms with Gasteiger partial charge in [-0.05, 0) is 24.1 Å². The van der Waals surface area contributed by atoms with Crippen molar-refractivity contribution in [2.45, 2.75) is 6.42 Å². The summed E-state index contributed by atoms with van der Waals surface area (Å²) < 4.78 is 36.8. The lowest BCUT2D eigenvalue weighted by Crippen LogP contribution is -2.20. The zero-order valence-electron chi connectivity index (χ0n) is 9.85. The summed E-state index contributed by atoms with van der Waals surface area (Å²) in [5, 5.41) is 6.06. The molecule has 9 heteroatoms. The van der Waals surface area contributed by atoms with Gasteiger partial charge in [0.1, 0.15) is 5.75 Å². The molecule has 0 saturated heterocycles. The van der Waals surface area contributed by atoms with E-state index in [-0.39, 0.29) is 5.96 Å². The Balaban J connectivity index is 0.000000307. The summed E-state index contributed by atoms with van der Waals surface area (Å²) in [6.07, 6.45) is 4.75. The molecule has 1 aromatic carbocycles. The molecule has 19 heavy (non-hydrogen) atoms. The molecule has 0 radical (unpaired) electrons. The summed E-state index contributed by atoms with van der Waals surface area (Å²) in [7, 11) is -4.67. The molecule has 0 unspecified atom stereocenters. The molecule has 0 saturated carbocycles. The number of para-hydroxylation sites is 1. The lowest BCUT2D eigenvalue weighted by molar-refractivity contribution is 0.381. The van der Waals surface area contributed by atoms with Crippen LogP contribution < -0.4 is 16.2 Å². The smallest absolute Gasteiger partial charge is 0.394 e. The van der Waals surface area contributed by atoms with Crippen molar-refractivity contribution in [2.24, 2.45) is 11.5 Å². The van der Waals surface area contributed by atoms with Gasteiger partial charge < -0.3 is 16.2 Å². The van der Waals surface area contributed by atoms with E-state index in [4.69, 9.17) is 27.7 Å². The average molecular weight is 289 g/mol. The Morgan fingerprint density at radius 3 is 2.21 bits per heavy atom. The molecule has 0 fully saturated rings. The van der Waals surface area contributed by atoms with Crippen LogP contribution in [0.2, 0.25) is 0 Å². The van der Waals surface area contributed by atoms with Gasteiger partial charge in [0.05, 0.1) is 6.26 Å². The summed E-state index contributed by atoms with van der Waals surface area (Å²) in [6.45, 7) is 0. The van der Waals surface area contributed by atoms with E-state index in [1.807, 2.05) is 24.3 Å². The van der Waals surface area contributed by atoms with Gasteiger partial charge in [-0.25, -0.2) is 0 Å². The van der Waals surface area contributed by atoms with Crippen molar-refractivity contribution in [3.63, 3.8) is 0 Å². The van der Waals surface area contributed by atoms with E-state index in [9.17, 15) is 0 Å². The van der Waals surface area contributed by atoms with Crippen molar-refractivity contribution in [3.8, 4) is 5.75 Å². The van der Waals surface area contributed by atoms with Crippen LogP contribution in [0.1, 0.15) is 5.56 Å². The first-order chi connectivity index (χ1) is 8.70. The predicted molar refractivity (Wildman–Crippen MR) is 70.2 cm³/mol. The minimum absolute atomic E-state index is 0.333. The van der Waals surface area contributed by atoms with Gasteiger partial charge in [0, 0.05) is 0 Å². The molecular weight excluding hydrogens is 274 g/mol. The van der Waals surface area contributed by atoms with Crippen molar-refractivity contribution in [1.29, 1.82) is 5.41 Å². The summed E-state index contributed by atoms with van der Waals surface area (Å²) in [4.78, 5) is 0. The Bertz CT molecular complexity index is 503. The van der Waals surface area contributed by atoms with E-state index in [0.717, 1.165) is 12.2 Å². The number of ether oxygens (including phenoxy) is 1. The molecule has 0 atom stereocenters. The van der Waals surface area contributed by atoms with E-state index in [1.165, 1.54) is 5.56 Å². The number of hydrogen-bond donors (Lipinski definition) is 5. The van der Waals surface area contributed by atoms with Crippen molar-refractivity contribution >= 4 is 16.4 Å². The molecule has 0 aliphatic carbocycles. The van der Waals surface area contributed by atoms with Crippen LogP contribution in [0.25, 0.3) is 0 Å². The summed E-state index contributed by atoms with van der Waals surface area (Å²) in [6, 6.07) is 8.08. The van der Waals surface area contributed by atoms with Gasteiger partial charge in [0.15, 0.2) is 5.96 Å². The molecule has 0 spiro atoms. The number of nitrogens with two attached hydrogens (primary N) is 2. The number of allylic oxidation sites excluding steroid dienone is 1. The largest absolute Gasteiger partial charge is 0.465 e. The highest BCUT2D eigenvalue weighted by Crippen LogP contribution is 2.21. The van der Waals surface area contributed by atoms with Crippen molar-refractivity contribution in [1.82, 2.24) is 0 Å². The van der Waals surface area contributed by atoms with Gasteiger partial charge in [0.25, 0.3) is 0 Å². The Morgan fingerprint density at radius 1 is 1.26 bits per heavy atom. The SMILES string of the molecule is C1=COc2ccccc2C1.N=C(N)N.O=S(=O)(O)O. The molecule has 1 aliphatic rings.